The van der Waals surface area contributed by atoms with Gasteiger partial charge in [0.05, 0.1) is 13.1 Å². The van der Waals surface area contributed by atoms with Gasteiger partial charge in [0.25, 0.3) is 5.91 Å². The van der Waals surface area contributed by atoms with E-state index in [0.29, 0.717) is 12.1 Å². The van der Waals surface area contributed by atoms with Crippen LogP contribution in [0.2, 0.25) is 0 Å². The molecule has 4 rings (SSSR count). The Morgan fingerprint density at radius 3 is 2.68 bits per heavy atom. The van der Waals surface area contributed by atoms with Crippen molar-refractivity contribution in [1.82, 2.24) is 15.1 Å². The van der Waals surface area contributed by atoms with Crippen molar-refractivity contribution in [3.8, 4) is 0 Å². The van der Waals surface area contributed by atoms with E-state index in [0.717, 1.165) is 28.8 Å². The fraction of sp³-hybridized carbons (Fsp3) is 0.381. The molecule has 0 radical (unpaired) electrons. The number of carbonyl (C=O) groups excluding carboxylic acids is 3. The van der Waals surface area contributed by atoms with Gasteiger partial charge in [0, 0.05) is 23.5 Å². The number of hydrogen-bond acceptors (Lipinski definition) is 4. The number of nitrogens with zero attached hydrogens (tertiary/aromatic N) is 2. The molecule has 0 spiro atoms. The van der Waals surface area contributed by atoms with Gasteiger partial charge < -0.3 is 15.1 Å². The number of thiophene rings is 1. The zero-order valence-corrected chi connectivity index (χ0v) is 16.8. The Morgan fingerprint density at radius 2 is 2.00 bits per heavy atom. The van der Waals surface area contributed by atoms with Gasteiger partial charge in [0.15, 0.2) is 0 Å². The zero-order chi connectivity index (χ0) is 19.8. The van der Waals surface area contributed by atoms with Gasteiger partial charge in [-0.2, -0.15) is 0 Å². The fourth-order valence-electron chi connectivity index (χ4n) is 3.60. The quantitative estimate of drug-likeness (QED) is 0.814. The Labute approximate surface area is 168 Å². The molecule has 2 heterocycles. The van der Waals surface area contributed by atoms with Gasteiger partial charge in [-0.05, 0) is 48.4 Å². The number of amides is 3. The Morgan fingerprint density at radius 1 is 1.25 bits per heavy atom. The molecule has 2 aromatic rings. The van der Waals surface area contributed by atoms with Gasteiger partial charge in [-0.3, -0.25) is 14.4 Å². The van der Waals surface area contributed by atoms with Crippen LogP contribution in [0, 0.1) is 6.92 Å². The molecule has 1 atom stereocenters. The summed E-state index contributed by atoms with van der Waals surface area (Å²) >= 11 is 1.62. The molecule has 1 N–H and O–H groups in total. The van der Waals surface area contributed by atoms with Crippen molar-refractivity contribution < 1.29 is 14.4 Å². The highest BCUT2D eigenvalue weighted by atomic mass is 32.1. The van der Waals surface area contributed by atoms with E-state index in [1.54, 1.807) is 34.3 Å². The molecule has 1 aliphatic carbocycles. The van der Waals surface area contributed by atoms with E-state index in [1.165, 1.54) is 0 Å². The Kier molecular flexibility index (Phi) is 4.93. The van der Waals surface area contributed by atoms with Crippen molar-refractivity contribution in [3.63, 3.8) is 0 Å². The summed E-state index contributed by atoms with van der Waals surface area (Å²) in [6.07, 6.45) is 1.84. The molecule has 2 aliphatic rings. The standard InChI is InChI=1S/C21H23N3O3S/c1-13-9-10-28-17(13)12-23(2)18(25)11-22-20(26)19-15-5-3-4-6-16(15)21(27)24(19)14-7-8-14/h3-6,9-10,14,19H,7-8,11-12H2,1-2H3,(H,22,26). The van der Waals surface area contributed by atoms with Crippen LogP contribution in [0.4, 0.5) is 0 Å². The topological polar surface area (TPSA) is 69.7 Å². The maximum Gasteiger partial charge on any atom is 0.255 e. The molecule has 1 aromatic heterocycles. The average Bonchev–Trinajstić information content (AvgIpc) is 3.39. The third kappa shape index (κ3) is 3.42. The maximum atomic E-state index is 12.9. The fourth-order valence-corrected chi connectivity index (χ4v) is 4.56. The monoisotopic (exact) mass is 397 g/mol. The van der Waals surface area contributed by atoms with Gasteiger partial charge in [-0.15, -0.1) is 11.3 Å². The van der Waals surface area contributed by atoms with E-state index < -0.39 is 6.04 Å². The Bertz CT molecular complexity index is 934. The summed E-state index contributed by atoms with van der Waals surface area (Å²) in [5.74, 6) is -0.536. The normalized spacial score (nSPS) is 18.1. The predicted molar refractivity (Wildman–Crippen MR) is 107 cm³/mol. The lowest BCUT2D eigenvalue weighted by atomic mass is 10.0. The molecule has 7 heteroatoms. The van der Waals surface area contributed by atoms with Crippen molar-refractivity contribution >= 4 is 29.1 Å². The highest BCUT2D eigenvalue weighted by Crippen LogP contribution is 2.41. The second-order valence-electron chi connectivity index (χ2n) is 7.43. The van der Waals surface area contributed by atoms with E-state index in [4.69, 9.17) is 0 Å². The van der Waals surface area contributed by atoms with Crippen LogP contribution in [0.3, 0.4) is 0 Å². The van der Waals surface area contributed by atoms with Crippen LogP contribution in [0.1, 0.15) is 45.2 Å². The number of aryl methyl sites for hydroxylation is 1. The van der Waals surface area contributed by atoms with Gasteiger partial charge in [-0.1, -0.05) is 18.2 Å². The number of benzene rings is 1. The minimum atomic E-state index is -0.645. The summed E-state index contributed by atoms with van der Waals surface area (Å²) in [7, 11) is 1.73. The third-order valence-electron chi connectivity index (χ3n) is 5.38. The molecule has 6 nitrogen and oxygen atoms in total. The van der Waals surface area contributed by atoms with Crippen LogP contribution in [0.15, 0.2) is 35.7 Å². The van der Waals surface area contributed by atoms with Crippen molar-refractivity contribution in [2.75, 3.05) is 13.6 Å². The van der Waals surface area contributed by atoms with Crippen molar-refractivity contribution in [1.29, 1.82) is 0 Å². The molecular formula is C21H23N3O3S. The second-order valence-corrected chi connectivity index (χ2v) is 8.43. The number of carbonyl (C=O) groups is 3. The molecule has 1 fully saturated rings. The van der Waals surface area contributed by atoms with Crippen LogP contribution in [-0.2, 0) is 16.1 Å². The maximum absolute atomic E-state index is 12.9. The van der Waals surface area contributed by atoms with Crippen molar-refractivity contribution in [2.45, 2.75) is 38.4 Å². The lowest BCUT2D eigenvalue weighted by molar-refractivity contribution is -0.133. The van der Waals surface area contributed by atoms with Crippen LogP contribution < -0.4 is 5.32 Å². The summed E-state index contributed by atoms with van der Waals surface area (Å²) in [5, 5.41) is 4.76. The minimum Gasteiger partial charge on any atom is -0.345 e. The van der Waals surface area contributed by atoms with Crippen LogP contribution in [-0.4, -0.2) is 47.2 Å². The molecule has 0 saturated heterocycles. The van der Waals surface area contributed by atoms with E-state index in [-0.39, 0.29) is 30.3 Å². The third-order valence-corrected chi connectivity index (χ3v) is 6.38. The van der Waals surface area contributed by atoms with Crippen molar-refractivity contribution in [2.24, 2.45) is 0 Å². The summed E-state index contributed by atoms with van der Waals surface area (Å²) in [6, 6.07) is 8.75. The molecule has 1 saturated carbocycles. The summed E-state index contributed by atoms with van der Waals surface area (Å²) < 4.78 is 0. The SMILES string of the molecule is Cc1ccsc1CN(C)C(=O)CNC(=O)C1c2ccccc2C(=O)N1C1CC1. The summed E-state index contributed by atoms with van der Waals surface area (Å²) in [5.41, 5.74) is 2.48. The number of nitrogens with one attached hydrogen (secondary N) is 1. The molecule has 0 bridgehead atoms. The lowest BCUT2D eigenvalue weighted by Gasteiger charge is -2.25. The number of likely N-dealkylation sites (N-methyl/N-ethyl adjacent to an activating group) is 1. The van der Waals surface area contributed by atoms with E-state index in [2.05, 4.69) is 5.32 Å². The van der Waals surface area contributed by atoms with E-state index in [1.807, 2.05) is 36.6 Å². The van der Waals surface area contributed by atoms with Crippen molar-refractivity contribution in [3.05, 3.63) is 57.3 Å². The molecule has 28 heavy (non-hydrogen) atoms. The highest BCUT2D eigenvalue weighted by molar-refractivity contribution is 7.10. The smallest absolute Gasteiger partial charge is 0.255 e. The number of rotatable bonds is 6. The molecular weight excluding hydrogens is 374 g/mol. The first kappa shape index (κ1) is 18.7. The summed E-state index contributed by atoms with van der Waals surface area (Å²) in [4.78, 5) is 42.6. The minimum absolute atomic E-state index is 0.0783. The molecule has 1 aliphatic heterocycles. The highest BCUT2D eigenvalue weighted by Gasteiger charge is 2.47. The van der Waals surface area contributed by atoms with Gasteiger partial charge in [0.2, 0.25) is 11.8 Å². The average molecular weight is 398 g/mol. The first-order valence-electron chi connectivity index (χ1n) is 9.43. The molecule has 1 unspecified atom stereocenters. The number of fused-ring (bicyclic) bond motifs is 1. The van der Waals surface area contributed by atoms with E-state index >= 15 is 0 Å². The van der Waals surface area contributed by atoms with Crippen LogP contribution in [0.25, 0.3) is 0 Å². The summed E-state index contributed by atoms with van der Waals surface area (Å²) in [6.45, 7) is 2.47. The molecule has 1 aromatic carbocycles. The second kappa shape index (κ2) is 7.39. The van der Waals surface area contributed by atoms with Gasteiger partial charge in [-0.25, -0.2) is 0 Å². The zero-order valence-electron chi connectivity index (χ0n) is 16.0. The first-order valence-corrected chi connectivity index (χ1v) is 10.3. The van der Waals surface area contributed by atoms with E-state index in [9.17, 15) is 14.4 Å². The Hall–Kier alpha value is -2.67. The van der Waals surface area contributed by atoms with Crippen LogP contribution in [0.5, 0.6) is 0 Å². The van der Waals surface area contributed by atoms with Crippen LogP contribution >= 0.6 is 11.3 Å². The molecule has 146 valence electrons. The predicted octanol–water partition coefficient (Wildman–Crippen LogP) is 2.49. The first-order chi connectivity index (χ1) is 13.5. The largest absolute Gasteiger partial charge is 0.345 e. The van der Waals surface area contributed by atoms with Gasteiger partial charge >= 0.3 is 0 Å². The number of hydrogen-bond donors (Lipinski definition) is 1. The lowest BCUT2D eigenvalue weighted by Crippen LogP contribution is -2.44. The Balaban J connectivity index is 1.42. The molecule has 3 amide bonds. The van der Waals surface area contributed by atoms with Gasteiger partial charge in [0.1, 0.15) is 6.04 Å².